The van der Waals surface area contributed by atoms with E-state index in [-0.39, 0.29) is 42.5 Å². The number of amides is 3. The zero-order chi connectivity index (χ0) is 15.5. The standard InChI is InChI=1S/C17H20N2O3/c20-15(18-12-6-2-1-3-7-12)10-11-19-16(21)13-8-4-5-9-14(13)17(19)22/h1-3,6-7,13-14H,4-5,8-11H2,(H,18,20)/t13-,14-/m1/s1. The van der Waals surface area contributed by atoms with E-state index >= 15 is 0 Å². The average Bonchev–Trinajstić information content (AvgIpc) is 2.78. The predicted molar refractivity (Wildman–Crippen MR) is 81.9 cm³/mol. The third-order valence-electron chi connectivity index (χ3n) is 4.55. The van der Waals surface area contributed by atoms with Gasteiger partial charge in [0.15, 0.2) is 0 Å². The van der Waals surface area contributed by atoms with Crippen LogP contribution >= 0.6 is 0 Å². The molecule has 2 fully saturated rings. The Bertz CT molecular complexity index is 561. The van der Waals surface area contributed by atoms with Crippen LogP contribution in [0.15, 0.2) is 30.3 Å². The molecule has 0 spiro atoms. The summed E-state index contributed by atoms with van der Waals surface area (Å²) in [7, 11) is 0. The lowest BCUT2D eigenvalue weighted by Gasteiger charge is -2.19. The van der Waals surface area contributed by atoms with Crippen LogP contribution in [0.2, 0.25) is 0 Å². The van der Waals surface area contributed by atoms with Crippen molar-refractivity contribution in [1.29, 1.82) is 0 Å². The number of carbonyl (C=O) groups excluding carboxylic acids is 3. The van der Waals surface area contributed by atoms with Gasteiger partial charge in [0.2, 0.25) is 17.7 Å². The molecule has 0 radical (unpaired) electrons. The number of imide groups is 1. The molecule has 3 amide bonds. The summed E-state index contributed by atoms with van der Waals surface area (Å²) in [5, 5.41) is 2.77. The van der Waals surface area contributed by atoms with Gasteiger partial charge in [0, 0.05) is 18.7 Å². The molecule has 3 rings (SSSR count). The highest BCUT2D eigenvalue weighted by molar-refractivity contribution is 6.05. The smallest absolute Gasteiger partial charge is 0.233 e. The Kier molecular flexibility index (Phi) is 4.22. The van der Waals surface area contributed by atoms with E-state index in [0.29, 0.717) is 0 Å². The van der Waals surface area contributed by atoms with Crippen LogP contribution in [0.4, 0.5) is 5.69 Å². The summed E-state index contributed by atoms with van der Waals surface area (Å²) in [6.07, 6.45) is 3.79. The maximum absolute atomic E-state index is 12.3. The van der Waals surface area contributed by atoms with E-state index in [1.807, 2.05) is 18.2 Å². The van der Waals surface area contributed by atoms with E-state index in [2.05, 4.69) is 5.32 Å². The van der Waals surface area contributed by atoms with E-state index < -0.39 is 0 Å². The number of nitrogens with one attached hydrogen (secondary N) is 1. The second kappa shape index (κ2) is 6.30. The second-order valence-corrected chi connectivity index (χ2v) is 5.99. The number of likely N-dealkylation sites (tertiary alicyclic amines) is 1. The minimum Gasteiger partial charge on any atom is -0.326 e. The number of rotatable bonds is 4. The van der Waals surface area contributed by atoms with Crippen LogP contribution in [0.1, 0.15) is 32.1 Å². The average molecular weight is 300 g/mol. The first-order chi connectivity index (χ1) is 10.7. The summed E-state index contributed by atoms with van der Waals surface area (Å²) in [5.74, 6) is -0.622. The predicted octanol–water partition coefficient (Wildman–Crippen LogP) is 2.19. The van der Waals surface area contributed by atoms with E-state index in [1.165, 1.54) is 4.90 Å². The van der Waals surface area contributed by atoms with Crippen molar-refractivity contribution in [2.45, 2.75) is 32.1 Å². The maximum atomic E-state index is 12.3. The van der Waals surface area contributed by atoms with Crippen molar-refractivity contribution in [3.8, 4) is 0 Å². The molecule has 116 valence electrons. The molecule has 1 aromatic rings. The fourth-order valence-electron chi connectivity index (χ4n) is 3.41. The van der Waals surface area contributed by atoms with Crippen LogP contribution in [0.25, 0.3) is 0 Å². The van der Waals surface area contributed by atoms with Gasteiger partial charge < -0.3 is 5.32 Å². The van der Waals surface area contributed by atoms with E-state index in [0.717, 1.165) is 31.4 Å². The van der Waals surface area contributed by atoms with Crippen molar-refractivity contribution >= 4 is 23.4 Å². The van der Waals surface area contributed by atoms with E-state index in [1.54, 1.807) is 12.1 Å². The minimum absolute atomic E-state index is 0.0813. The van der Waals surface area contributed by atoms with Crippen LogP contribution in [-0.2, 0) is 14.4 Å². The van der Waals surface area contributed by atoms with Gasteiger partial charge in [-0.3, -0.25) is 19.3 Å². The number of para-hydroxylation sites is 1. The van der Waals surface area contributed by atoms with Crippen molar-refractivity contribution in [2.24, 2.45) is 11.8 Å². The molecular formula is C17H20N2O3. The maximum Gasteiger partial charge on any atom is 0.233 e. The molecule has 0 aromatic heterocycles. The fraction of sp³-hybridized carbons (Fsp3) is 0.471. The monoisotopic (exact) mass is 300 g/mol. The van der Waals surface area contributed by atoms with Crippen molar-refractivity contribution in [2.75, 3.05) is 11.9 Å². The van der Waals surface area contributed by atoms with Gasteiger partial charge in [-0.1, -0.05) is 31.0 Å². The van der Waals surface area contributed by atoms with Crippen LogP contribution in [-0.4, -0.2) is 29.2 Å². The first-order valence-electron chi connectivity index (χ1n) is 7.87. The van der Waals surface area contributed by atoms with Gasteiger partial charge in [0.1, 0.15) is 0 Å². The molecule has 0 unspecified atom stereocenters. The molecule has 0 bridgehead atoms. The molecule has 2 atom stereocenters. The number of carbonyl (C=O) groups is 3. The molecule has 5 heteroatoms. The van der Waals surface area contributed by atoms with E-state index in [9.17, 15) is 14.4 Å². The highest BCUT2D eigenvalue weighted by Gasteiger charge is 2.47. The molecule has 1 heterocycles. The molecule has 5 nitrogen and oxygen atoms in total. The summed E-state index contributed by atoms with van der Waals surface area (Å²) in [4.78, 5) is 37.8. The van der Waals surface area contributed by atoms with Gasteiger partial charge in [0.05, 0.1) is 11.8 Å². The Morgan fingerprint density at radius 3 is 2.23 bits per heavy atom. The summed E-state index contributed by atoms with van der Waals surface area (Å²) in [5.41, 5.74) is 0.722. The Morgan fingerprint density at radius 1 is 1.05 bits per heavy atom. The Morgan fingerprint density at radius 2 is 1.64 bits per heavy atom. The van der Waals surface area contributed by atoms with Gasteiger partial charge in [0.25, 0.3) is 0 Å². The van der Waals surface area contributed by atoms with Gasteiger partial charge in [-0.05, 0) is 25.0 Å². The number of fused-ring (bicyclic) bond motifs is 1. The third-order valence-corrected chi connectivity index (χ3v) is 4.55. The second-order valence-electron chi connectivity index (χ2n) is 5.99. The molecule has 2 aliphatic rings. The zero-order valence-corrected chi connectivity index (χ0v) is 12.5. The highest BCUT2D eigenvalue weighted by atomic mass is 16.2. The van der Waals surface area contributed by atoms with Gasteiger partial charge in [-0.15, -0.1) is 0 Å². The van der Waals surface area contributed by atoms with Gasteiger partial charge in [-0.25, -0.2) is 0 Å². The zero-order valence-electron chi connectivity index (χ0n) is 12.5. The molecule has 1 aliphatic heterocycles. The molecular weight excluding hydrogens is 280 g/mol. The lowest BCUT2D eigenvalue weighted by atomic mass is 9.81. The fourth-order valence-corrected chi connectivity index (χ4v) is 3.41. The summed E-state index contributed by atoms with van der Waals surface area (Å²) < 4.78 is 0. The number of benzene rings is 1. The molecule has 1 saturated heterocycles. The van der Waals surface area contributed by atoms with E-state index in [4.69, 9.17) is 0 Å². The highest BCUT2D eigenvalue weighted by Crippen LogP contribution is 2.37. The number of nitrogens with zero attached hydrogens (tertiary/aromatic N) is 1. The van der Waals surface area contributed by atoms with Gasteiger partial charge >= 0.3 is 0 Å². The Balaban J connectivity index is 1.56. The summed E-state index contributed by atoms with van der Waals surface area (Å²) >= 11 is 0. The van der Waals surface area contributed by atoms with Crippen molar-refractivity contribution < 1.29 is 14.4 Å². The van der Waals surface area contributed by atoms with Crippen LogP contribution in [0.3, 0.4) is 0 Å². The molecule has 1 aromatic carbocycles. The normalized spacial score (nSPS) is 24.3. The Hall–Kier alpha value is -2.17. The third kappa shape index (κ3) is 2.89. The first kappa shape index (κ1) is 14.8. The van der Waals surface area contributed by atoms with Crippen LogP contribution in [0.5, 0.6) is 0 Å². The van der Waals surface area contributed by atoms with Crippen molar-refractivity contribution in [3.05, 3.63) is 30.3 Å². The van der Waals surface area contributed by atoms with Crippen LogP contribution < -0.4 is 5.32 Å². The molecule has 1 saturated carbocycles. The minimum atomic E-state index is -0.179. The summed E-state index contributed by atoms with van der Waals surface area (Å²) in [6, 6.07) is 9.16. The molecule has 22 heavy (non-hydrogen) atoms. The number of hydrogen-bond acceptors (Lipinski definition) is 3. The Labute approximate surface area is 129 Å². The SMILES string of the molecule is O=C(CCN1C(=O)[C@@H]2CCCC[C@H]2C1=O)Nc1ccccc1. The lowest BCUT2D eigenvalue weighted by Crippen LogP contribution is -2.34. The summed E-state index contributed by atoms with van der Waals surface area (Å²) in [6.45, 7) is 0.184. The van der Waals surface area contributed by atoms with Crippen molar-refractivity contribution in [3.63, 3.8) is 0 Å². The topological polar surface area (TPSA) is 66.5 Å². The molecule has 1 N–H and O–H groups in total. The number of hydrogen-bond donors (Lipinski definition) is 1. The number of anilines is 1. The quantitative estimate of drug-likeness (QED) is 0.867. The largest absolute Gasteiger partial charge is 0.326 e. The van der Waals surface area contributed by atoms with Crippen molar-refractivity contribution in [1.82, 2.24) is 4.90 Å². The first-order valence-corrected chi connectivity index (χ1v) is 7.87. The molecule has 1 aliphatic carbocycles. The lowest BCUT2D eigenvalue weighted by molar-refractivity contribution is -0.140. The van der Waals surface area contributed by atoms with Gasteiger partial charge in [-0.2, -0.15) is 0 Å². The van der Waals surface area contributed by atoms with Crippen LogP contribution in [0, 0.1) is 11.8 Å².